The summed E-state index contributed by atoms with van der Waals surface area (Å²) in [5.41, 5.74) is 1.22. The molecule has 0 heterocycles. The van der Waals surface area contributed by atoms with Crippen LogP contribution in [0.5, 0.6) is 11.5 Å². The molecular weight excluding hydrogens is 428 g/mol. The molecule has 0 saturated heterocycles. The van der Waals surface area contributed by atoms with Crippen LogP contribution in [-0.4, -0.2) is 13.2 Å². The maximum absolute atomic E-state index is 6.04. The summed E-state index contributed by atoms with van der Waals surface area (Å²) in [5.74, 6) is 1.93. The summed E-state index contributed by atoms with van der Waals surface area (Å²) in [4.78, 5) is 0. The maximum atomic E-state index is 6.04. The first-order valence-electron chi connectivity index (χ1n) is 15.6. The van der Waals surface area contributed by atoms with Gasteiger partial charge < -0.3 is 9.47 Å². The number of rotatable bonds is 26. The summed E-state index contributed by atoms with van der Waals surface area (Å²) in [6.45, 7) is 8.34. The van der Waals surface area contributed by atoms with Gasteiger partial charge >= 0.3 is 0 Å². The summed E-state index contributed by atoms with van der Waals surface area (Å²) in [5, 5.41) is 0. The van der Waals surface area contributed by atoms with Gasteiger partial charge in [0.05, 0.1) is 13.2 Å². The minimum absolute atomic E-state index is 0.818. The summed E-state index contributed by atoms with van der Waals surface area (Å²) < 4.78 is 12.1. The second kappa shape index (κ2) is 24.5. The van der Waals surface area contributed by atoms with Gasteiger partial charge in [-0.2, -0.15) is 0 Å². The molecule has 35 heavy (non-hydrogen) atoms. The third kappa shape index (κ3) is 20.7. The van der Waals surface area contributed by atoms with Crippen LogP contribution in [0, 0.1) is 6.92 Å². The normalized spacial score (nSPS) is 11.2. The number of ether oxygens (including phenoxy) is 2. The lowest BCUT2D eigenvalue weighted by Crippen LogP contribution is -2.00. The zero-order chi connectivity index (χ0) is 25.2. The van der Waals surface area contributed by atoms with Crippen LogP contribution in [0.3, 0.4) is 0 Å². The average molecular weight is 489 g/mol. The highest BCUT2D eigenvalue weighted by Crippen LogP contribution is 2.23. The van der Waals surface area contributed by atoms with Crippen molar-refractivity contribution in [1.29, 1.82) is 0 Å². The molecule has 0 aliphatic heterocycles. The van der Waals surface area contributed by atoms with Crippen molar-refractivity contribution in [3.05, 3.63) is 23.8 Å². The van der Waals surface area contributed by atoms with Crippen molar-refractivity contribution in [1.82, 2.24) is 0 Å². The summed E-state index contributed by atoms with van der Waals surface area (Å²) >= 11 is 0. The molecule has 2 nitrogen and oxygen atoms in total. The van der Waals surface area contributed by atoms with Crippen LogP contribution in [0.2, 0.25) is 0 Å². The van der Waals surface area contributed by atoms with E-state index in [1.165, 1.54) is 134 Å². The van der Waals surface area contributed by atoms with Crippen molar-refractivity contribution in [2.24, 2.45) is 0 Å². The van der Waals surface area contributed by atoms with Crippen molar-refractivity contribution < 1.29 is 9.47 Å². The number of benzene rings is 1. The van der Waals surface area contributed by atoms with E-state index in [2.05, 4.69) is 39.0 Å². The van der Waals surface area contributed by atoms with Gasteiger partial charge in [0, 0.05) is 6.07 Å². The van der Waals surface area contributed by atoms with E-state index in [1.807, 2.05) is 0 Å². The summed E-state index contributed by atoms with van der Waals surface area (Å²) in [6.07, 6.45) is 30.1. The monoisotopic (exact) mass is 488 g/mol. The van der Waals surface area contributed by atoms with E-state index < -0.39 is 0 Å². The summed E-state index contributed by atoms with van der Waals surface area (Å²) in [7, 11) is 0. The largest absolute Gasteiger partial charge is 0.493 e. The van der Waals surface area contributed by atoms with Gasteiger partial charge in [0.15, 0.2) is 0 Å². The smallest absolute Gasteiger partial charge is 0.123 e. The molecule has 0 unspecified atom stereocenters. The van der Waals surface area contributed by atoms with E-state index in [9.17, 15) is 0 Å². The van der Waals surface area contributed by atoms with Crippen LogP contribution in [0.1, 0.15) is 161 Å². The zero-order valence-electron chi connectivity index (χ0n) is 24.0. The molecular formula is C33H60O2. The van der Waals surface area contributed by atoms with Gasteiger partial charge in [-0.3, -0.25) is 0 Å². The fraction of sp³-hybridized carbons (Fsp3) is 0.818. The van der Waals surface area contributed by atoms with Crippen molar-refractivity contribution in [3.8, 4) is 11.5 Å². The predicted octanol–water partition coefficient (Wildman–Crippen LogP) is 11.4. The highest BCUT2D eigenvalue weighted by molar-refractivity contribution is 5.37. The lowest BCUT2D eigenvalue weighted by Gasteiger charge is -2.11. The van der Waals surface area contributed by atoms with E-state index in [4.69, 9.17) is 9.47 Å². The lowest BCUT2D eigenvalue weighted by atomic mass is 10.1. The van der Waals surface area contributed by atoms with Gasteiger partial charge in [0.1, 0.15) is 11.5 Å². The number of aryl methyl sites for hydroxylation is 1. The second-order valence-electron chi connectivity index (χ2n) is 10.7. The lowest BCUT2D eigenvalue weighted by molar-refractivity contribution is 0.289. The molecule has 0 spiro atoms. The van der Waals surface area contributed by atoms with Gasteiger partial charge in [-0.1, -0.05) is 142 Å². The third-order valence-electron chi connectivity index (χ3n) is 7.06. The fourth-order valence-corrected chi connectivity index (χ4v) is 4.79. The van der Waals surface area contributed by atoms with E-state index in [0.29, 0.717) is 0 Å². The Balaban J connectivity index is 1.99. The van der Waals surface area contributed by atoms with Gasteiger partial charge in [0.2, 0.25) is 0 Å². The molecule has 1 aromatic carbocycles. The van der Waals surface area contributed by atoms with Crippen molar-refractivity contribution in [2.75, 3.05) is 13.2 Å². The Morgan fingerprint density at radius 2 is 0.686 bits per heavy atom. The molecule has 1 aromatic rings. The number of hydrogen-bond acceptors (Lipinski definition) is 2. The second-order valence-corrected chi connectivity index (χ2v) is 10.7. The van der Waals surface area contributed by atoms with Crippen molar-refractivity contribution in [3.63, 3.8) is 0 Å². The molecule has 0 N–H and O–H groups in total. The molecule has 0 aromatic heterocycles. The van der Waals surface area contributed by atoms with Crippen LogP contribution in [0.4, 0.5) is 0 Å². The molecule has 204 valence electrons. The third-order valence-corrected chi connectivity index (χ3v) is 7.06. The Bertz CT molecular complexity index is 522. The quantitative estimate of drug-likeness (QED) is 0.121. The highest BCUT2D eigenvalue weighted by Gasteiger charge is 2.02. The van der Waals surface area contributed by atoms with E-state index in [0.717, 1.165) is 37.6 Å². The van der Waals surface area contributed by atoms with E-state index in [-0.39, 0.29) is 0 Å². The van der Waals surface area contributed by atoms with Crippen LogP contribution in [-0.2, 0) is 0 Å². The molecule has 0 saturated carbocycles. The van der Waals surface area contributed by atoms with Gasteiger partial charge in [-0.05, 0) is 37.5 Å². The molecule has 0 bridgehead atoms. The first kappa shape index (κ1) is 31.8. The van der Waals surface area contributed by atoms with Gasteiger partial charge in [-0.25, -0.2) is 0 Å². The van der Waals surface area contributed by atoms with E-state index >= 15 is 0 Å². The molecule has 1 rings (SSSR count). The summed E-state index contributed by atoms with van der Waals surface area (Å²) in [6, 6.07) is 6.34. The molecule has 0 aliphatic carbocycles. The zero-order valence-corrected chi connectivity index (χ0v) is 24.0. The molecule has 0 amide bonds. The molecule has 0 atom stereocenters. The van der Waals surface area contributed by atoms with Crippen molar-refractivity contribution in [2.45, 2.75) is 162 Å². The van der Waals surface area contributed by atoms with Crippen LogP contribution in [0.15, 0.2) is 18.2 Å². The van der Waals surface area contributed by atoms with Crippen molar-refractivity contribution >= 4 is 0 Å². The van der Waals surface area contributed by atoms with Gasteiger partial charge in [0.25, 0.3) is 0 Å². The molecule has 0 aliphatic rings. The topological polar surface area (TPSA) is 18.5 Å². The van der Waals surface area contributed by atoms with Crippen LogP contribution < -0.4 is 9.47 Å². The number of hydrogen-bond donors (Lipinski definition) is 0. The maximum Gasteiger partial charge on any atom is 0.123 e. The Morgan fingerprint density at radius 1 is 0.400 bits per heavy atom. The van der Waals surface area contributed by atoms with Crippen LogP contribution >= 0.6 is 0 Å². The fourth-order valence-electron chi connectivity index (χ4n) is 4.79. The van der Waals surface area contributed by atoms with E-state index in [1.54, 1.807) is 0 Å². The first-order chi connectivity index (χ1) is 17.3. The van der Waals surface area contributed by atoms with Crippen LogP contribution in [0.25, 0.3) is 0 Å². The average Bonchev–Trinajstić information content (AvgIpc) is 2.85. The SMILES string of the molecule is CCCCCCCCCCCCCOc1cc(C)cc(OCCCCCCCCCCCCC)c1. The molecule has 0 fully saturated rings. The Hall–Kier alpha value is -1.18. The minimum atomic E-state index is 0.818. The Morgan fingerprint density at radius 3 is 1.00 bits per heavy atom. The first-order valence-corrected chi connectivity index (χ1v) is 15.6. The minimum Gasteiger partial charge on any atom is -0.493 e. The Labute approximate surface area is 220 Å². The van der Waals surface area contributed by atoms with Gasteiger partial charge in [-0.15, -0.1) is 0 Å². The Kier molecular flexibility index (Phi) is 22.3. The number of unbranched alkanes of at least 4 members (excludes halogenated alkanes) is 20. The molecule has 2 heteroatoms. The predicted molar refractivity (Wildman–Crippen MR) is 155 cm³/mol. The standard InChI is InChI=1S/C33H60O2/c1-4-6-8-10-12-14-16-18-20-22-24-26-34-32-28-31(3)29-33(30-32)35-27-25-23-21-19-17-15-13-11-9-7-5-2/h28-30H,4-27H2,1-3H3. The molecule has 0 radical (unpaired) electrons. The highest BCUT2D eigenvalue weighted by atomic mass is 16.5.